The van der Waals surface area contributed by atoms with E-state index in [4.69, 9.17) is 27.4 Å². The summed E-state index contributed by atoms with van der Waals surface area (Å²) in [5, 5.41) is 0. The Bertz CT molecular complexity index is 213. The third-order valence-electron chi connectivity index (χ3n) is 2.87. The van der Waals surface area contributed by atoms with Gasteiger partial charge in [0.2, 0.25) is 0 Å². The van der Waals surface area contributed by atoms with E-state index in [2.05, 4.69) is 0 Å². The molecule has 1 fully saturated rings. The SMILES string of the molecule is CC(C)(CCOCC1CCCO1)C(N)=S. The van der Waals surface area contributed by atoms with Gasteiger partial charge in [-0.15, -0.1) is 0 Å². The first-order chi connectivity index (χ1) is 7.02. The van der Waals surface area contributed by atoms with Gasteiger partial charge in [0.05, 0.1) is 17.7 Å². The Hall–Kier alpha value is -0.190. The Labute approximate surface area is 97.3 Å². The van der Waals surface area contributed by atoms with Crippen molar-refractivity contribution in [2.45, 2.75) is 39.2 Å². The average Bonchev–Trinajstić information content (AvgIpc) is 2.64. The molecule has 15 heavy (non-hydrogen) atoms. The lowest BCUT2D eigenvalue weighted by Gasteiger charge is -2.23. The topological polar surface area (TPSA) is 44.5 Å². The highest BCUT2D eigenvalue weighted by Crippen LogP contribution is 2.20. The highest BCUT2D eigenvalue weighted by atomic mass is 32.1. The van der Waals surface area contributed by atoms with Crippen LogP contribution in [0.3, 0.4) is 0 Å². The van der Waals surface area contributed by atoms with E-state index in [1.54, 1.807) is 0 Å². The molecule has 0 amide bonds. The molecular weight excluding hydrogens is 210 g/mol. The molecule has 3 nitrogen and oxygen atoms in total. The van der Waals surface area contributed by atoms with E-state index in [-0.39, 0.29) is 5.41 Å². The van der Waals surface area contributed by atoms with Crippen LogP contribution in [0.1, 0.15) is 33.1 Å². The highest BCUT2D eigenvalue weighted by molar-refractivity contribution is 7.80. The largest absolute Gasteiger partial charge is 0.393 e. The molecule has 0 aromatic heterocycles. The first-order valence-corrected chi connectivity index (χ1v) is 5.92. The smallest absolute Gasteiger partial charge is 0.0809 e. The molecule has 0 bridgehead atoms. The minimum absolute atomic E-state index is 0.105. The van der Waals surface area contributed by atoms with Crippen LogP contribution in [0, 0.1) is 5.41 Å². The van der Waals surface area contributed by atoms with Gasteiger partial charge in [0, 0.05) is 18.6 Å². The molecule has 1 rings (SSSR count). The maximum atomic E-state index is 5.63. The van der Waals surface area contributed by atoms with Gasteiger partial charge in [-0.3, -0.25) is 0 Å². The van der Waals surface area contributed by atoms with E-state index in [1.165, 1.54) is 0 Å². The van der Waals surface area contributed by atoms with Gasteiger partial charge >= 0.3 is 0 Å². The Morgan fingerprint density at radius 2 is 2.33 bits per heavy atom. The maximum Gasteiger partial charge on any atom is 0.0809 e. The van der Waals surface area contributed by atoms with E-state index < -0.39 is 0 Å². The second-order valence-electron chi connectivity index (χ2n) is 4.71. The molecule has 0 aromatic carbocycles. The lowest BCUT2D eigenvalue weighted by Crippen LogP contribution is -2.31. The maximum absolute atomic E-state index is 5.63. The fraction of sp³-hybridized carbons (Fsp3) is 0.909. The van der Waals surface area contributed by atoms with Crippen LogP contribution in [0.15, 0.2) is 0 Å². The second-order valence-corrected chi connectivity index (χ2v) is 5.15. The summed E-state index contributed by atoms with van der Waals surface area (Å²) in [6.07, 6.45) is 3.46. The summed E-state index contributed by atoms with van der Waals surface area (Å²) in [6.45, 7) is 6.37. The van der Waals surface area contributed by atoms with Crippen LogP contribution >= 0.6 is 12.2 Å². The fourth-order valence-corrected chi connectivity index (χ4v) is 1.54. The predicted molar refractivity (Wildman–Crippen MR) is 65.0 cm³/mol. The number of thiocarbonyl (C=S) groups is 1. The van der Waals surface area contributed by atoms with Gasteiger partial charge in [0.1, 0.15) is 0 Å². The molecule has 0 aliphatic carbocycles. The van der Waals surface area contributed by atoms with Crippen LogP contribution in [0.2, 0.25) is 0 Å². The molecule has 1 aliphatic rings. The van der Waals surface area contributed by atoms with Gasteiger partial charge in [-0.1, -0.05) is 26.1 Å². The molecule has 1 heterocycles. The quantitative estimate of drug-likeness (QED) is 0.560. The van der Waals surface area contributed by atoms with E-state index in [0.717, 1.165) is 25.9 Å². The Morgan fingerprint density at radius 3 is 2.87 bits per heavy atom. The summed E-state index contributed by atoms with van der Waals surface area (Å²) >= 11 is 4.99. The van der Waals surface area contributed by atoms with E-state index in [0.29, 0.717) is 24.3 Å². The third kappa shape index (κ3) is 4.45. The molecule has 0 aromatic rings. The molecule has 1 aliphatic heterocycles. The van der Waals surface area contributed by atoms with Crippen LogP contribution in [0.5, 0.6) is 0 Å². The van der Waals surface area contributed by atoms with Crippen molar-refractivity contribution in [3.8, 4) is 0 Å². The van der Waals surface area contributed by atoms with Crippen molar-refractivity contribution in [3.63, 3.8) is 0 Å². The average molecular weight is 231 g/mol. The molecule has 0 saturated carbocycles. The van der Waals surface area contributed by atoms with Gasteiger partial charge in [-0.25, -0.2) is 0 Å². The first kappa shape index (κ1) is 12.9. The monoisotopic (exact) mass is 231 g/mol. The van der Waals surface area contributed by atoms with Crippen LogP contribution in [-0.2, 0) is 9.47 Å². The van der Waals surface area contributed by atoms with Crippen LogP contribution in [0.25, 0.3) is 0 Å². The molecule has 0 spiro atoms. The molecule has 88 valence electrons. The van der Waals surface area contributed by atoms with Crippen molar-refractivity contribution in [1.29, 1.82) is 0 Å². The predicted octanol–water partition coefficient (Wildman–Crippen LogP) is 1.88. The summed E-state index contributed by atoms with van der Waals surface area (Å²) < 4.78 is 11.0. The Morgan fingerprint density at radius 1 is 1.60 bits per heavy atom. The summed E-state index contributed by atoms with van der Waals surface area (Å²) in [5.74, 6) is 0. The zero-order valence-electron chi connectivity index (χ0n) is 9.62. The van der Waals surface area contributed by atoms with Gasteiger partial charge in [-0.2, -0.15) is 0 Å². The fourth-order valence-electron chi connectivity index (χ4n) is 1.44. The minimum Gasteiger partial charge on any atom is -0.393 e. The minimum atomic E-state index is -0.105. The summed E-state index contributed by atoms with van der Waals surface area (Å²) in [5.41, 5.74) is 5.52. The van der Waals surface area contributed by atoms with Crippen molar-refractivity contribution < 1.29 is 9.47 Å². The Balaban J connectivity index is 2.08. The zero-order valence-corrected chi connectivity index (χ0v) is 10.4. The number of hydrogen-bond acceptors (Lipinski definition) is 3. The number of nitrogens with two attached hydrogens (primary N) is 1. The summed E-state index contributed by atoms with van der Waals surface area (Å²) in [4.78, 5) is 0.559. The third-order valence-corrected chi connectivity index (χ3v) is 3.42. The van der Waals surface area contributed by atoms with Crippen molar-refractivity contribution in [1.82, 2.24) is 0 Å². The molecule has 2 N–H and O–H groups in total. The van der Waals surface area contributed by atoms with E-state index in [1.807, 2.05) is 13.8 Å². The first-order valence-electron chi connectivity index (χ1n) is 5.51. The van der Waals surface area contributed by atoms with E-state index >= 15 is 0 Å². The van der Waals surface area contributed by atoms with Gasteiger partial charge in [0.25, 0.3) is 0 Å². The number of hydrogen-bond donors (Lipinski definition) is 1. The van der Waals surface area contributed by atoms with Crippen molar-refractivity contribution in [3.05, 3.63) is 0 Å². The van der Waals surface area contributed by atoms with Crippen molar-refractivity contribution in [2.24, 2.45) is 11.1 Å². The zero-order chi connectivity index (χ0) is 11.3. The van der Waals surface area contributed by atoms with Crippen LogP contribution in [0.4, 0.5) is 0 Å². The lowest BCUT2D eigenvalue weighted by molar-refractivity contribution is 0.0124. The van der Waals surface area contributed by atoms with E-state index in [9.17, 15) is 0 Å². The summed E-state index contributed by atoms with van der Waals surface area (Å²) in [6, 6.07) is 0. The van der Waals surface area contributed by atoms with Crippen molar-refractivity contribution >= 4 is 17.2 Å². The normalized spacial score (nSPS) is 21.9. The molecule has 0 radical (unpaired) electrons. The molecule has 1 unspecified atom stereocenters. The lowest BCUT2D eigenvalue weighted by atomic mass is 9.90. The second kappa shape index (κ2) is 5.77. The standard InChI is InChI=1S/C11H21NO2S/c1-11(2,10(12)15)5-7-13-8-9-4-3-6-14-9/h9H,3-8H2,1-2H3,(H2,12,15). The van der Waals surface area contributed by atoms with Gasteiger partial charge in [-0.05, 0) is 19.3 Å². The molecule has 1 atom stereocenters. The van der Waals surface area contributed by atoms with Crippen LogP contribution < -0.4 is 5.73 Å². The van der Waals surface area contributed by atoms with Crippen LogP contribution in [-0.4, -0.2) is 30.9 Å². The Kier molecular flexibility index (Phi) is 4.96. The van der Waals surface area contributed by atoms with Gasteiger partial charge in [0.15, 0.2) is 0 Å². The molecule has 4 heteroatoms. The highest BCUT2D eigenvalue weighted by Gasteiger charge is 2.21. The van der Waals surface area contributed by atoms with Crippen molar-refractivity contribution in [2.75, 3.05) is 19.8 Å². The number of rotatable bonds is 6. The molecular formula is C11H21NO2S. The van der Waals surface area contributed by atoms with Gasteiger partial charge < -0.3 is 15.2 Å². The number of ether oxygens (including phenoxy) is 2. The molecule has 1 saturated heterocycles. The summed E-state index contributed by atoms with van der Waals surface area (Å²) in [7, 11) is 0.